The zero-order chi connectivity index (χ0) is 12.3. The summed E-state index contributed by atoms with van der Waals surface area (Å²) in [6.45, 7) is 4.25. The van der Waals surface area contributed by atoms with Gasteiger partial charge in [-0.3, -0.25) is 4.98 Å². The van der Waals surface area contributed by atoms with Crippen LogP contribution in [0.4, 0.5) is 0 Å². The van der Waals surface area contributed by atoms with E-state index in [0.29, 0.717) is 5.92 Å². The molecule has 0 aliphatic rings. The highest BCUT2D eigenvalue weighted by molar-refractivity contribution is 5.82. The second kappa shape index (κ2) is 5.28. The van der Waals surface area contributed by atoms with Crippen LogP contribution in [0.25, 0.3) is 10.9 Å². The number of pyridine rings is 1. The molecule has 2 nitrogen and oxygen atoms in total. The first-order valence-corrected chi connectivity index (χ1v) is 6.29. The predicted molar refractivity (Wildman–Crippen MR) is 70.8 cm³/mol. The molecule has 0 fully saturated rings. The lowest BCUT2D eigenvalue weighted by Gasteiger charge is -2.21. The van der Waals surface area contributed by atoms with Crippen molar-refractivity contribution in [3.05, 3.63) is 42.1 Å². The minimum absolute atomic E-state index is 0.320. The Labute approximate surface area is 102 Å². The normalized spacial score (nSPS) is 13.2. The Bertz CT molecular complexity index is 486. The van der Waals surface area contributed by atoms with Crippen LogP contribution in [0.15, 0.2) is 36.5 Å². The van der Waals surface area contributed by atoms with Crippen molar-refractivity contribution in [3.8, 4) is 0 Å². The summed E-state index contributed by atoms with van der Waals surface area (Å²) in [4.78, 5) is 4.32. The molecule has 1 N–H and O–H groups in total. The van der Waals surface area contributed by atoms with E-state index in [-0.39, 0.29) is 0 Å². The minimum atomic E-state index is -0.391. The number of nitrogens with zero attached hydrogens (tertiary/aromatic N) is 1. The average Bonchev–Trinajstić information content (AvgIpc) is 2.39. The van der Waals surface area contributed by atoms with Gasteiger partial charge in [0.2, 0.25) is 0 Å². The van der Waals surface area contributed by atoms with Crippen LogP contribution in [0.1, 0.15) is 38.4 Å². The van der Waals surface area contributed by atoms with Crippen molar-refractivity contribution in [3.63, 3.8) is 0 Å². The van der Waals surface area contributed by atoms with Crippen LogP contribution >= 0.6 is 0 Å². The van der Waals surface area contributed by atoms with Gasteiger partial charge in [0.1, 0.15) is 0 Å². The molecule has 1 heterocycles. The highest BCUT2D eigenvalue weighted by Gasteiger charge is 2.19. The molecule has 1 aromatic heterocycles. The Morgan fingerprint density at radius 3 is 2.59 bits per heavy atom. The van der Waals surface area contributed by atoms with Crippen molar-refractivity contribution >= 4 is 10.9 Å². The van der Waals surface area contributed by atoms with Crippen molar-refractivity contribution in [1.29, 1.82) is 0 Å². The van der Waals surface area contributed by atoms with Crippen molar-refractivity contribution in [1.82, 2.24) is 4.98 Å². The summed E-state index contributed by atoms with van der Waals surface area (Å²) < 4.78 is 0. The predicted octanol–water partition coefficient (Wildman–Crippen LogP) is 3.70. The number of benzene rings is 1. The van der Waals surface area contributed by atoms with Crippen LogP contribution in [0.3, 0.4) is 0 Å². The maximum Gasteiger partial charge on any atom is 0.0824 e. The van der Waals surface area contributed by atoms with Crippen LogP contribution in [0.2, 0.25) is 0 Å². The molecular formula is C15H19NO. The van der Waals surface area contributed by atoms with Gasteiger partial charge in [0.25, 0.3) is 0 Å². The fourth-order valence-corrected chi connectivity index (χ4v) is 2.37. The SMILES string of the molecule is CCC(CC)C(O)c1cccc2ncccc12. The van der Waals surface area contributed by atoms with Gasteiger partial charge in [-0.15, -0.1) is 0 Å². The van der Waals surface area contributed by atoms with Crippen LogP contribution in [-0.4, -0.2) is 10.1 Å². The lowest BCUT2D eigenvalue weighted by atomic mass is 9.89. The first-order chi connectivity index (χ1) is 8.27. The summed E-state index contributed by atoms with van der Waals surface area (Å²) in [6.07, 6.45) is 3.39. The van der Waals surface area contributed by atoms with Gasteiger partial charge in [-0.1, -0.05) is 44.9 Å². The fourth-order valence-electron chi connectivity index (χ4n) is 2.37. The van der Waals surface area contributed by atoms with E-state index in [1.807, 2.05) is 30.3 Å². The van der Waals surface area contributed by atoms with Gasteiger partial charge >= 0.3 is 0 Å². The number of aliphatic hydroxyl groups is 1. The summed E-state index contributed by atoms with van der Waals surface area (Å²) in [5, 5.41) is 11.5. The van der Waals surface area contributed by atoms with Gasteiger partial charge in [-0.05, 0) is 23.6 Å². The Morgan fingerprint density at radius 1 is 1.12 bits per heavy atom. The number of aliphatic hydroxyl groups excluding tert-OH is 1. The quantitative estimate of drug-likeness (QED) is 0.867. The molecule has 2 aromatic rings. The third kappa shape index (κ3) is 2.32. The van der Waals surface area contributed by atoms with E-state index in [0.717, 1.165) is 29.3 Å². The number of hydrogen-bond donors (Lipinski definition) is 1. The molecule has 90 valence electrons. The zero-order valence-corrected chi connectivity index (χ0v) is 10.4. The topological polar surface area (TPSA) is 33.1 Å². The van der Waals surface area contributed by atoms with Gasteiger partial charge in [0.15, 0.2) is 0 Å². The summed E-state index contributed by atoms with van der Waals surface area (Å²) in [5.74, 6) is 0.320. The molecule has 0 aliphatic carbocycles. The van der Waals surface area contributed by atoms with Crippen LogP contribution < -0.4 is 0 Å². The third-order valence-electron chi connectivity index (χ3n) is 3.49. The molecule has 2 heteroatoms. The highest BCUT2D eigenvalue weighted by Crippen LogP contribution is 2.31. The molecule has 0 spiro atoms. The van der Waals surface area contributed by atoms with E-state index in [9.17, 15) is 5.11 Å². The van der Waals surface area contributed by atoms with Gasteiger partial charge in [-0.2, -0.15) is 0 Å². The smallest absolute Gasteiger partial charge is 0.0824 e. The summed E-state index contributed by atoms with van der Waals surface area (Å²) >= 11 is 0. The molecular weight excluding hydrogens is 210 g/mol. The molecule has 0 saturated heterocycles. The molecule has 0 amide bonds. The molecule has 17 heavy (non-hydrogen) atoms. The largest absolute Gasteiger partial charge is 0.388 e. The van der Waals surface area contributed by atoms with E-state index in [1.165, 1.54) is 0 Å². The van der Waals surface area contributed by atoms with Crippen molar-refractivity contribution in [2.24, 2.45) is 5.92 Å². The van der Waals surface area contributed by atoms with Crippen molar-refractivity contribution < 1.29 is 5.11 Å². The molecule has 0 saturated carbocycles. The first-order valence-electron chi connectivity index (χ1n) is 6.29. The Kier molecular flexibility index (Phi) is 3.75. The Hall–Kier alpha value is -1.41. The van der Waals surface area contributed by atoms with E-state index in [1.54, 1.807) is 6.20 Å². The van der Waals surface area contributed by atoms with Crippen LogP contribution in [0.5, 0.6) is 0 Å². The standard InChI is InChI=1S/C15H19NO/c1-3-11(4-2)15(17)13-7-5-9-14-12(13)8-6-10-16-14/h5-11,15,17H,3-4H2,1-2H3. The molecule has 0 bridgehead atoms. The zero-order valence-electron chi connectivity index (χ0n) is 10.4. The van der Waals surface area contributed by atoms with Crippen LogP contribution in [-0.2, 0) is 0 Å². The molecule has 2 rings (SSSR count). The molecule has 1 aromatic carbocycles. The van der Waals surface area contributed by atoms with Gasteiger partial charge in [0, 0.05) is 11.6 Å². The Balaban J connectivity index is 2.47. The lowest BCUT2D eigenvalue weighted by molar-refractivity contribution is 0.105. The van der Waals surface area contributed by atoms with Gasteiger partial charge < -0.3 is 5.11 Å². The number of aromatic nitrogens is 1. The van der Waals surface area contributed by atoms with Crippen molar-refractivity contribution in [2.45, 2.75) is 32.8 Å². The second-order valence-electron chi connectivity index (χ2n) is 4.44. The van der Waals surface area contributed by atoms with E-state index < -0.39 is 6.10 Å². The monoisotopic (exact) mass is 229 g/mol. The number of hydrogen-bond acceptors (Lipinski definition) is 2. The minimum Gasteiger partial charge on any atom is -0.388 e. The van der Waals surface area contributed by atoms with Gasteiger partial charge in [-0.25, -0.2) is 0 Å². The number of rotatable bonds is 4. The van der Waals surface area contributed by atoms with Gasteiger partial charge in [0.05, 0.1) is 11.6 Å². The summed E-state index contributed by atoms with van der Waals surface area (Å²) in [6, 6.07) is 9.91. The highest BCUT2D eigenvalue weighted by atomic mass is 16.3. The third-order valence-corrected chi connectivity index (χ3v) is 3.49. The maximum absolute atomic E-state index is 10.5. The van der Waals surface area contributed by atoms with E-state index in [2.05, 4.69) is 18.8 Å². The van der Waals surface area contributed by atoms with Crippen molar-refractivity contribution in [2.75, 3.05) is 0 Å². The molecule has 0 aliphatic heterocycles. The summed E-state index contributed by atoms with van der Waals surface area (Å²) in [5.41, 5.74) is 1.96. The molecule has 1 atom stereocenters. The fraction of sp³-hybridized carbons (Fsp3) is 0.400. The van der Waals surface area contributed by atoms with E-state index in [4.69, 9.17) is 0 Å². The number of fused-ring (bicyclic) bond motifs is 1. The summed E-state index contributed by atoms with van der Waals surface area (Å²) in [7, 11) is 0. The van der Waals surface area contributed by atoms with Crippen LogP contribution in [0, 0.1) is 5.92 Å². The Morgan fingerprint density at radius 2 is 1.88 bits per heavy atom. The van der Waals surface area contributed by atoms with E-state index >= 15 is 0 Å². The molecule has 1 unspecified atom stereocenters. The molecule has 0 radical (unpaired) electrons. The second-order valence-corrected chi connectivity index (χ2v) is 4.44. The lowest BCUT2D eigenvalue weighted by Crippen LogP contribution is -2.11. The first kappa shape index (κ1) is 12.1. The average molecular weight is 229 g/mol. The maximum atomic E-state index is 10.5.